The van der Waals surface area contributed by atoms with Gasteiger partial charge in [0, 0.05) is 43.4 Å². The Kier molecular flexibility index (Phi) is 5.22. The van der Waals surface area contributed by atoms with E-state index >= 15 is 0 Å². The maximum absolute atomic E-state index is 14.7. The smallest absolute Gasteiger partial charge is 0.263 e. The minimum Gasteiger partial charge on any atom is -0.480 e. The number of rotatable bonds is 5. The summed E-state index contributed by atoms with van der Waals surface area (Å²) in [6.45, 7) is 5.16. The highest BCUT2D eigenvalue weighted by Crippen LogP contribution is 2.45. The maximum atomic E-state index is 14.7. The Morgan fingerprint density at radius 2 is 2.09 bits per heavy atom. The first-order chi connectivity index (χ1) is 16.1. The largest absolute Gasteiger partial charge is 0.480 e. The van der Waals surface area contributed by atoms with E-state index < -0.39 is 0 Å². The van der Waals surface area contributed by atoms with Gasteiger partial charge in [0.25, 0.3) is 5.91 Å². The Labute approximate surface area is 191 Å². The Morgan fingerprint density at radius 1 is 1.21 bits per heavy atom. The molecule has 172 valence electrons. The van der Waals surface area contributed by atoms with Crippen LogP contribution in [0.5, 0.6) is 5.75 Å². The molecule has 8 nitrogen and oxygen atoms in total. The second-order valence-electron chi connectivity index (χ2n) is 9.18. The van der Waals surface area contributed by atoms with Crippen molar-refractivity contribution in [1.82, 2.24) is 15.2 Å². The summed E-state index contributed by atoms with van der Waals surface area (Å²) in [5.74, 6) is 1.02. The van der Waals surface area contributed by atoms with E-state index in [9.17, 15) is 9.18 Å². The van der Waals surface area contributed by atoms with Gasteiger partial charge < -0.3 is 25.2 Å². The summed E-state index contributed by atoms with van der Waals surface area (Å²) >= 11 is 0. The molecule has 33 heavy (non-hydrogen) atoms. The van der Waals surface area contributed by atoms with Crippen molar-refractivity contribution in [3.63, 3.8) is 0 Å². The van der Waals surface area contributed by atoms with Gasteiger partial charge in [-0.1, -0.05) is 0 Å². The molecule has 0 spiro atoms. The highest BCUT2D eigenvalue weighted by atomic mass is 19.1. The molecular weight excluding hydrogens is 423 g/mol. The molecule has 1 unspecified atom stereocenters. The number of ether oxygens (including phenoxy) is 1. The molecule has 1 fully saturated rings. The van der Waals surface area contributed by atoms with Crippen LogP contribution in [0.4, 0.5) is 21.6 Å². The van der Waals surface area contributed by atoms with E-state index in [-0.39, 0.29) is 24.2 Å². The zero-order valence-corrected chi connectivity index (χ0v) is 18.4. The number of likely N-dealkylation sites (tertiary alicyclic amines) is 1. The van der Waals surface area contributed by atoms with Crippen LogP contribution in [0, 0.1) is 5.82 Å². The Bertz CT molecular complexity index is 1110. The summed E-state index contributed by atoms with van der Waals surface area (Å²) in [4.78, 5) is 25.2. The summed E-state index contributed by atoms with van der Waals surface area (Å²) in [5, 5.41) is 6.36. The molecule has 4 aliphatic rings. The number of aliphatic imine (C=N–C) groups is 1. The van der Waals surface area contributed by atoms with Gasteiger partial charge in [-0.15, -0.1) is 0 Å². The van der Waals surface area contributed by atoms with Crippen molar-refractivity contribution in [2.45, 2.75) is 31.3 Å². The maximum Gasteiger partial charge on any atom is 0.263 e. The van der Waals surface area contributed by atoms with E-state index in [4.69, 9.17) is 4.74 Å². The fourth-order valence-corrected chi connectivity index (χ4v) is 5.38. The average Bonchev–Trinajstić information content (AvgIpc) is 3.20. The number of benzene rings is 1. The molecule has 0 radical (unpaired) electrons. The Morgan fingerprint density at radius 3 is 2.97 bits per heavy atom. The van der Waals surface area contributed by atoms with Crippen LogP contribution in [0.1, 0.15) is 30.0 Å². The molecule has 0 bridgehead atoms. The number of hydrogen-bond donors (Lipinski definition) is 2. The van der Waals surface area contributed by atoms with Gasteiger partial charge in [0.2, 0.25) is 0 Å². The lowest BCUT2D eigenvalue weighted by atomic mass is 9.97. The predicted octanol–water partition coefficient (Wildman–Crippen LogP) is 2.43. The standard InChI is InChI=1S/C24H27FN6O2/c25-18-2-3-19-23-22(18)15(13-31(23)10-7-26-19)12-30-8-5-16(6-9-30)27-11-17-1-4-20-24(28-17)29-21(32)14-33-20/h1-4,7,15-16,27H,5-6,8-14H2,(H,28,29,32). The Balaban J connectivity index is 1.03. The average molecular weight is 451 g/mol. The number of nitrogens with zero attached hydrogens (tertiary/aromatic N) is 4. The van der Waals surface area contributed by atoms with E-state index in [0.29, 0.717) is 24.2 Å². The lowest BCUT2D eigenvalue weighted by Gasteiger charge is -2.34. The number of anilines is 2. The van der Waals surface area contributed by atoms with E-state index in [1.807, 2.05) is 18.3 Å². The van der Waals surface area contributed by atoms with E-state index in [1.54, 1.807) is 12.1 Å². The van der Waals surface area contributed by atoms with Gasteiger partial charge in [-0.3, -0.25) is 9.79 Å². The number of pyridine rings is 1. The van der Waals surface area contributed by atoms with Gasteiger partial charge in [0.1, 0.15) is 5.82 Å². The van der Waals surface area contributed by atoms with Crippen LogP contribution in [0.15, 0.2) is 29.3 Å². The van der Waals surface area contributed by atoms with Crippen LogP contribution in [0.3, 0.4) is 0 Å². The van der Waals surface area contributed by atoms with Crippen LogP contribution in [-0.4, -0.2) is 67.4 Å². The highest BCUT2D eigenvalue weighted by Gasteiger charge is 2.36. The molecule has 1 aromatic carbocycles. The fourth-order valence-electron chi connectivity index (χ4n) is 5.38. The zero-order chi connectivity index (χ0) is 22.4. The quantitative estimate of drug-likeness (QED) is 0.728. The molecule has 1 saturated heterocycles. The molecule has 5 heterocycles. The van der Waals surface area contributed by atoms with Crippen molar-refractivity contribution in [2.75, 3.05) is 49.5 Å². The number of carbonyl (C=O) groups excluding carboxylic acids is 1. The molecule has 0 saturated carbocycles. The van der Waals surface area contributed by atoms with Crippen molar-refractivity contribution < 1.29 is 13.9 Å². The summed E-state index contributed by atoms with van der Waals surface area (Å²) in [5.41, 5.74) is 3.62. The predicted molar refractivity (Wildman–Crippen MR) is 124 cm³/mol. The molecule has 1 aromatic heterocycles. The van der Waals surface area contributed by atoms with Gasteiger partial charge in [-0.2, -0.15) is 0 Å². The van der Waals surface area contributed by atoms with Gasteiger partial charge in [-0.05, 0) is 50.2 Å². The highest BCUT2D eigenvalue weighted by molar-refractivity contribution is 5.94. The summed E-state index contributed by atoms with van der Waals surface area (Å²) in [7, 11) is 0. The summed E-state index contributed by atoms with van der Waals surface area (Å²) in [6, 6.07) is 7.55. The van der Waals surface area contributed by atoms with Crippen LogP contribution >= 0.6 is 0 Å². The van der Waals surface area contributed by atoms with Crippen LogP contribution in [0.25, 0.3) is 0 Å². The van der Waals surface area contributed by atoms with Gasteiger partial charge >= 0.3 is 0 Å². The van der Waals surface area contributed by atoms with Crippen LogP contribution < -0.4 is 20.3 Å². The van der Waals surface area contributed by atoms with E-state index in [0.717, 1.165) is 68.2 Å². The third-order valence-corrected chi connectivity index (χ3v) is 7.01. The number of aromatic nitrogens is 1. The third-order valence-electron chi connectivity index (χ3n) is 7.01. The van der Waals surface area contributed by atoms with Crippen molar-refractivity contribution in [1.29, 1.82) is 0 Å². The van der Waals surface area contributed by atoms with Crippen molar-refractivity contribution in [3.8, 4) is 5.75 Å². The molecule has 2 N–H and O–H groups in total. The van der Waals surface area contributed by atoms with E-state index in [2.05, 4.69) is 30.4 Å². The number of halogens is 1. The molecule has 4 aliphatic heterocycles. The monoisotopic (exact) mass is 450 g/mol. The Hall–Kier alpha value is -3.04. The van der Waals surface area contributed by atoms with Crippen molar-refractivity contribution in [3.05, 3.63) is 41.3 Å². The van der Waals surface area contributed by atoms with Crippen LogP contribution in [0.2, 0.25) is 0 Å². The number of amides is 1. The second-order valence-corrected chi connectivity index (χ2v) is 9.18. The van der Waals surface area contributed by atoms with Gasteiger partial charge in [0.15, 0.2) is 18.2 Å². The normalized spacial score (nSPS) is 22.0. The molecule has 1 amide bonds. The van der Waals surface area contributed by atoms with E-state index in [1.165, 1.54) is 0 Å². The first-order valence-electron chi connectivity index (χ1n) is 11.6. The van der Waals surface area contributed by atoms with Crippen molar-refractivity contribution >= 4 is 29.3 Å². The lowest BCUT2D eigenvalue weighted by molar-refractivity contribution is -0.118. The first kappa shape index (κ1) is 20.6. The number of hydrogen-bond acceptors (Lipinski definition) is 7. The van der Waals surface area contributed by atoms with Gasteiger partial charge in [0.05, 0.1) is 23.6 Å². The number of piperidine rings is 1. The lowest BCUT2D eigenvalue weighted by Crippen LogP contribution is -2.44. The number of carbonyl (C=O) groups is 1. The molecule has 9 heteroatoms. The molecule has 6 rings (SSSR count). The molecule has 2 aromatic rings. The zero-order valence-electron chi connectivity index (χ0n) is 18.4. The molecule has 1 atom stereocenters. The minimum absolute atomic E-state index is 0.0386. The first-order valence-corrected chi connectivity index (χ1v) is 11.6. The second kappa shape index (κ2) is 8.39. The van der Waals surface area contributed by atoms with Crippen molar-refractivity contribution in [2.24, 2.45) is 4.99 Å². The minimum atomic E-state index is -0.175. The number of nitrogens with one attached hydrogen (secondary N) is 2. The molecular formula is C24H27FN6O2. The number of fused-ring (bicyclic) bond motifs is 1. The summed E-state index contributed by atoms with van der Waals surface area (Å²) < 4.78 is 20.1. The SMILES string of the molecule is O=C1COc2ccc(CNC3CCN(CC4CN5CC=Nc6ccc(F)c4c65)CC3)nc2N1. The molecule has 0 aliphatic carbocycles. The van der Waals surface area contributed by atoms with Crippen LogP contribution in [-0.2, 0) is 11.3 Å². The summed E-state index contributed by atoms with van der Waals surface area (Å²) in [6.07, 6.45) is 4.00. The third kappa shape index (κ3) is 3.95. The van der Waals surface area contributed by atoms with Gasteiger partial charge in [-0.25, -0.2) is 9.37 Å². The fraction of sp³-hybridized carbons (Fsp3) is 0.458. The topological polar surface area (TPSA) is 82.1 Å².